The number of likely N-dealkylation sites (tertiary alicyclic amines) is 2. The predicted octanol–water partition coefficient (Wildman–Crippen LogP) is 16.0. The maximum absolute atomic E-state index is 12.3. The Labute approximate surface area is 693 Å². The Kier molecular flexibility index (Phi) is 25.3. The van der Waals surface area contributed by atoms with Gasteiger partial charge >= 0.3 is 0 Å². The summed E-state index contributed by atoms with van der Waals surface area (Å²) >= 11 is 0. The highest BCUT2D eigenvalue weighted by atomic mass is 16.3. The van der Waals surface area contributed by atoms with Gasteiger partial charge in [0.25, 0.3) is 0 Å². The minimum atomic E-state index is -0.992. The number of allylic oxidation sites excluding steroid dienone is 2. The third-order valence-electron chi connectivity index (χ3n) is 36.4. The summed E-state index contributed by atoms with van der Waals surface area (Å²) in [5.74, 6) is 9.49. The van der Waals surface area contributed by atoms with E-state index in [-0.39, 0.29) is 64.5 Å². The maximum atomic E-state index is 12.3. The quantitative estimate of drug-likeness (QED) is 0.0581. The predicted molar refractivity (Wildman–Crippen MR) is 453 cm³/mol. The van der Waals surface area contributed by atoms with E-state index >= 15 is 0 Å². The Morgan fingerprint density at radius 2 is 1.07 bits per heavy atom. The molecule has 4 aromatic rings. The number of fused-ring (bicyclic) bond motifs is 20. The van der Waals surface area contributed by atoms with Gasteiger partial charge in [0.05, 0.1) is 43.7 Å². The molecule has 2 aromatic heterocycles. The van der Waals surface area contributed by atoms with E-state index < -0.39 is 17.3 Å². The van der Waals surface area contributed by atoms with Crippen LogP contribution in [0.25, 0.3) is 0 Å². The van der Waals surface area contributed by atoms with Gasteiger partial charge in [-0.25, -0.2) is 4.57 Å². The minimum absolute atomic E-state index is 0.0322. The lowest BCUT2D eigenvalue weighted by Crippen LogP contribution is -2.52. The summed E-state index contributed by atoms with van der Waals surface area (Å²) < 4.78 is 2.10. The normalized spacial score (nSPS) is 41.5. The van der Waals surface area contributed by atoms with Gasteiger partial charge in [-0.05, 0) is 383 Å². The third kappa shape index (κ3) is 15.9. The number of aliphatic hydroxyl groups is 8. The van der Waals surface area contributed by atoms with Gasteiger partial charge in [0.1, 0.15) is 22.9 Å². The largest absolute Gasteiger partial charge is 0.508 e. The number of carbonyl (C=O) groups excluding carboxylic acids is 2. The number of hydrogen-bond donors (Lipinski definition) is 10. The highest BCUT2D eigenvalue weighted by Crippen LogP contribution is 2.69. The molecule has 0 radical (unpaired) electrons. The van der Waals surface area contributed by atoms with Crippen molar-refractivity contribution in [3.63, 3.8) is 0 Å². The third-order valence-corrected chi connectivity index (χ3v) is 36.4. The molecule has 0 bridgehead atoms. The number of phenols is 2. The van der Waals surface area contributed by atoms with E-state index in [0.29, 0.717) is 101 Å². The highest BCUT2D eigenvalue weighted by molar-refractivity contribution is 5.91. The van der Waals surface area contributed by atoms with Crippen molar-refractivity contribution in [3.8, 4) is 11.5 Å². The molecule has 636 valence electrons. The summed E-state index contributed by atoms with van der Waals surface area (Å²) in [5.41, 5.74) is 9.75. The first-order valence-corrected chi connectivity index (χ1v) is 46.2. The van der Waals surface area contributed by atoms with Crippen molar-refractivity contribution in [2.45, 2.75) is 313 Å². The topological polar surface area (TPSA) is 260 Å². The Hall–Kier alpha value is -5.24. The van der Waals surface area contributed by atoms with Gasteiger partial charge in [0.2, 0.25) is 0 Å². The summed E-state index contributed by atoms with van der Waals surface area (Å²) in [6, 6.07) is 21.3. The molecule has 25 atom stereocenters. The summed E-state index contributed by atoms with van der Waals surface area (Å²) in [4.78, 5) is 33.0. The van der Waals surface area contributed by atoms with Crippen LogP contribution in [0.15, 0.2) is 109 Å². The van der Waals surface area contributed by atoms with Crippen LogP contribution in [0.5, 0.6) is 11.5 Å². The molecule has 4 heterocycles. The van der Waals surface area contributed by atoms with Crippen LogP contribution < -0.4 is 4.57 Å². The Balaban J connectivity index is 0.000000110. The van der Waals surface area contributed by atoms with E-state index in [2.05, 4.69) is 112 Å². The summed E-state index contributed by atoms with van der Waals surface area (Å²) in [5, 5.41) is 99.2. The first-order valence-electron chi connectivity index (χ1n) is 46.2. The second-order valence-corrected chi connectivity index (χ2v) is 41.8. The number of pyridine rings is 2. The second-order valence-electron chi connectivity index (χ2n) is 41.8. The first kappa shape index (κ1) is 85.7. The molecular formula is C100H145N4O12+. The first-order chi connectivity index (χ1) is 55.4. The van der Waals surface area contributed by atoms with Gasteiger partial charge in [0, 0.05) is 66.2 Å². The number of aromatic nitrogens is 2. The fourth-order valence-corrected chi connectivity index (χ4v) is 29.2. The molecule has 2 saturated heterocycles. The SMILES string of the molecule is CN1CCC[C@H]1c1ccc[n+](CCC(O)CO)c1.CN1CCC[C@H]1c1cccnc1.C[C@]12CC[C@@H]3c4ccc(O)cc4CC[C@H]3[C@@H]1CCC2=O.C[C@]12CC[C@@H]3c4ccc(O)cc4CC[C@H]3[C@@H]1CC[C@@]2(O)CO.C[C@]12CC[C@H]3[C@@H](CCC4=CC(=O)CC[C@@]43C)[C@@H]1CC[C@@H]2O.C[C@]12CC[C@H]3[C@@H](CCC4=CC(O)(CO)CC[C@@]43C)[C@@H]1CC[C@@H]2O. The number of hydrogen-bond acceptors (Lipinski definition) is 15. The van der Waals surface area contributed by atoms with Crippen LogP contribution in [0.3, 0.4) is 0 Å². The van der Waals surface area contributed by atoms with Crippen LogP contribution in [0.4, 0.5) is 0 Å². The van der Waals surface area contributed by atoms with Crippen molar-refractivity contribution in [1.29, 1.82) is 0 Å². The maximum Gasteiger partial charge on any atom is 0.173 e. The van der Waals surface area contributed by atoms with Crippen molar-refractivity contribution in [2.24, 2.45) is 91.7 Å². The summed E-state index contributed by atoms with van der Waals surface area (Å²) in [6.45, 7) is 16.6. The number of Topliss-reactive ketones (excluding diaryl/α,β-unsaturated/α-hetero) is 1. The van der Waals surface area contributed by atoms with Crippen molar-refractivity contribution >= 4 is 11.6 Å². The number of aryl methyl sites for hydroxylation is 3. The van der Waals surface area contributed by atoms with Crippen LogP contribution in [-0.4, -0.2) is 154 Å². The average Bonchev–Trinajstić information content (AvgIpc) is 1.47. The molecule has 10 saturated carbocycles. The Morgan fingerprint density at radius 1 is 0.517 bits per heavy atom. The Bertz CT molecular complexity index is 4190. The van der Waals surface area contributed by atoms with E-state index in [1.165, 1.54) is 135 Å². The minimum Gasteiger partial charge on any atom is -0.508 e. The average molecular weight is 1600 g/mol. The Morgan fingerprint density at radius 3 is 1.64 bits per heavy atom. The number of carbonyl (C=O) groups is 2. The van der Waals surface area contributed by atoms with Crippen molar-refractivity contribution in [2.75, 3.05) is 47.0 Å². The van der Waals surface area contributed by atoms with Crippen LogP contribution >= 0.6 is 0 Å². The van der Waals surface area contributed by atoms with Gasteiger partial charge in [-0.15, -0.1) is 0 Å². The number of rotatable bonds is 8. The molecule has 16 heteroatoms. The van der Waals surface area contributed by atoms with Crippen LogP contribution in [0.2, 0.25) is 0 Å². The molecule has 2 aliphatic heterocycles. The molecule has 20 rings (SSSR count). The lowest BCUT2D eigenvalue weighted by atomic mass is 9.47. The van der Waals surface area contributed by atoms with E-state index in [0.717, 1.165) is 146 Å². The molecule has 12 fully saturated rings. The zero-order valence-corrected chi connectivity index (χ0v) is 71.7. The van der Waals surface area contributed by atoms with E-state index in [1.54, 1.807) is 0 Å². The standard InChI is InChI=1S/C20H32O3.C19H26O3.C19H28O2.C18H22O2.C14H23N2O2.C10H14N2/c1-18-9-10-20(23,12-21)11-13(18)3-4-14-15-5-6-17(22)19(15,2)8-7-16(14)18;1-18-8-6-15-14-5-3-13(21)10-12(14)2-4-16(15)17(18)7-9-19(18,22)11-20;1-18-9-7-13(20)11-12(18)3-4-14-15-5-6-17(21)19(15,2)10-8-16(14)18;1-18-9-8-14-13-5-3-12(19)10-11(13)2-4-15(14)16(18)6-7-17(18)20;1-15-7-3-5-14(15)12-4-2-8-16(10-12)9-6-13(18)11-17;1-12-7-3-5-10(12)9-4-2-6-11-8-9/h11,14-17,21-23H,3-10,12H2,1-2H3;3,5,10,15-17,20-22H,2,4,6-9,11H2,1H3;11,14-17,21H,3-10H2,1-2H3;3,5,10,14-16,19H,2,4,6-9H2,1H3;2,4,8,10,13-14,17-18H,3,5-7,9,11H2,1H3;2,4,6,8,10H,3,5,7H2,1H3/q;;;;+1;/t14-,15-,16-,17-,18-,19-,20?;15-,16-,17+,18+,19-;14-,15-,16-,17-,18-,19-;14-,15-,16+,18+;13?,14-;10-/m010100/s1. The molecule has 16 aliphatic rings. The molecule has 116 heavy (non-hydrogen) atoms. The van der Waals surface area contributed by atoms with Crippen LogP contribution in [-0.2, 0) is 29.0 Å². The summed E-state index contributed by atoms with van der Waals surface area (Å²) in [6.07, 6.45) is 46.4. The van der Waals surface area contributed by atoms with Gasteiger partial charge in [-0.1, -0.05) is 77.0 Å². The fourth-order valence-electron chi connectivity index (χ4n) is 29.2. The zero-order chi connectivity index (χ0) is 82.1. The second kappa shape index (κ2) is 34.2. The van der Waals surface area contributed by atoms with E-state index in [9.17, 15) is 55.5 Å². The molecule has 14 aliphatic carbocycles. The van der Waals surface area contributed by atoms with Gasteiger partial charge < -0.3 is 51.1 Å². The van der Waals surface area contributed by atoms with Crippen LogP contribution in [0, 0.1) is 91.7 Å². The smallest absolute Gasteiger partial charge is 0.173 e. The lowest BCUT2D eigenvalue weighted by Gasteiger charge is -2.58. The fraction of sp³-hybridized carbons (Fsp3) is 0.720. The zero-order valence-electron chi connectivity index (χ0n) is 71.7. The van der Waals surface area contributed by atoms with Crippen molar-refractivity contribution in [1.82, 2.24) is 14.8 Å². The number of nitrogens with zero attached hydrogens (tertiary/aromatic N) is 4. The van der Waals surface area contributed by atoms with E-state index in [4.69, 9.17) is 5.11 Å². The molecule has 0 spiro atoms. The number of aliphatic hydroxyl groups excluding tert-OH is 6. The van der Waals surface area contributed by atoms with Gasteiger partial charge in [-0.2, -0.15) is 0 Å². The van der Waals surface area contributed by atoms with E-state index in [1.807, 2.05) is 61.1 Å². The van der Waals surface area contributed by atoms with Crippen molar-refractivity contribution < 1.29 is 65.2 Å². The molecule has 0 amide bonds. The van der Waals surface area contributed by atoms with Crippen molar-refractivity contribution in [3.05, 3.63) is 142 Å². The number of benzene rings is 2. The molecule has 10 N–H and O–H groups in total. The number of aromatic hydroxyl groups is 2. The number of phenolic OH excluding ortho intramolecular Hbond substituents is 2. The number of ketones is 2. The van der Waals surface area contributed by atoms with Gasteiger partial charge in [-0.3, -0.25) is 24.4 Å². The molecule has 2 aromatic carbocycles. The molecule has 16 nitrogen and oxygen atoms in total. The molecule has 2 unspecified atom stereocenters. The highest BCUT2D eigenvalue weighted by Gasteiger charge is 2.64. The molecular weight excluding hydrogens is 1450 g/mol. The summed E-state index contributed by atoms with van der Waals surface area (Å²) in [7, 11) is 4.36. The lowest BCUT2D eigenvalue weighted by molar-refractivity contribution is -0.698. The van der Waals surface area contributed by atoms with Crippen LogP contribution in [0.1, 0.15) is 298 Å². The monoisotopic (exact) mass is 1590 g/mol. The van der Waals surface area contributed by atoms with Gasteiger partial charge in [0.15, 0.2) is 24.7 Å².